The Morgan fingerprint density at radius 2 is 1.18 bits per heavy atom. The summed E-state index contributed by atoms with van der Waals surface area (Å²) in [6.07, 6.45) is 20.7. The van der Waals surface area contributed by atoms with E-state index in [1.54, 1.807) is 29.9 Å². The predicted octanol–water partition coefficient (Wildman–Crippen LogP) is 6.28. The molecular formula is C36H26N10O2Pt2-4. The molecule has 0 fully saturated rings. The van der Waals surface area contributed by atoms with Crippen LogP contribution in [0.2, 0.25) is 0 Å². The number of furan rings is 2. The smallest absolute Gasteiger partial charge is 0.139 e. The SMILES string of the molecule is Cn1[c-]nc(-c2cccc3c2[n-]c2c(-c4cn(C)cn4)occ23)c1.Cn1cnc(-c2occ3c2[n-]c2c(-c4[c-]nn(C)c4)cccc23)c1.[Pt].[Pt]. The largest absolute Gasteiger partial charge is 0.664 e. The van der Waals surface area contributed by atoms with Crippen molar-refractivity contribution < 1.29 is 51.0 Å². The molecule has 0 aliphatic heterocycles. The van der Waals surface area contributed by atoms with E-state index in [1.807, 2.05) is 90.9 Å². The topological polar surface area (TPSA) is 126 Å². The van der Waals surface area contributed by atoms with Crippen LogP contribution in [-0.2, 0) is 70.3 Å². The van der Waals surface area contributed by atoms with Gasteiger partial charge in [-0.1, -0.05) is 58.8 Å². The third kappa shape index (κ3) is 5.49. The summed E-state index contributed by atoms with van der Waals surface area (Å²) in [4.78, 5) is 22.8. The molecule has 8 heterocycles. The van der Waals surface area contributed by atoms with E-state index in [9.17, 15) is 0 Å². The summed E-state index contributed by atoms with van der Waals surface area (Å²) in [6.45, 7) is 0. The number of benzene rings is 2. The van der Waals surface area contributed by atoms with Gasteiger partial charge in [-0.25, -0.2) is 9.97 Å². The first-order chi connectivity index (χ1) is 23.4. The zero-order valence-corrected chi connectivity index (χ0v) is 31.5. The normalized spacial score (nSPS) is 11.3. The molecule has 14 heteroatoms. The molecule has 0 bridgehead atoms. The second kappa shape index (κ2) is 12.9. The minimum atomic E-state index is 0. The van der Waals surface area contributed by atoms with Crippen molar-refractivity contribution in [2.24, 2.45) is 28.2 Å². The van der Waals surface area contributed by atoms with Crippen LogP contribution in [0.25, 0.3) is 88.9 Å². The van der Waals surface area contributed by atoms with Crippen LogP contribution in [0.1, 0.15) is 0 Å². The van der Waals surface area contributed by atoms with E-state index in [0.717, 1.165) is 77.4 Å². The van der Waals surface area contributed by atoms with E-state index < -0.39 is 0 Å². The number of hydrogen-bond acceptors (Lipinski definition) is 6. The Morgan fingerprint density at radius 1 is 0.620 bits per heavy atom. The molecule has 10 aromatic rings. The Hall–Kier alpha value is -5.18. The molecule has 10 rings (SSSR count). The van der Waals surface area contributed by atoms with Gasteiger partial charge in [0, 0.05) is 92.8 Å². The van der Waals surface area contributed by atoms with Crippen molar-refractivity contribution in [2.45, 2.75) is 0 Å². The van der Waals surface area contributed by atoms with Crippen molar-refractivity contribution in [3.05, 3.63) is 98.9 Å². The molecule has 0 saturated carbocycles. The Kier molecular flexibility index (Phi) is 8.62. The summed E-state index contributed by atoms with van der Waals surface area (Å²) < 4.78 is 18.8. The monoisotopic (exact) mass is 1020 g/mol. The summed E-state index contributed by atoms with van der Waals surface area (Å²) in [5, 5.41) is 8.25. The first-order valence-electron chi connectivity index (χ1n) is 15.1. The van der Waals surface area contributed by atoms with E-state index in [0.29, 0.717) is 11.5 Å². The van der Waals surface area contributed by atoms with Crippen LogP contribution >= 0.6 is 0 Å². The number of hydrogen-bond donors (Lipinski definition) is 0. The summed E-state index contributed by atoms with van der Waals surface area (Å²) in [5.74, 6) is 1.39. The average Bonchev–Trinajstić information content (AvgIpc) is 3.91. The van der Waals surface area contributed by atoms with Gasteiger partial charge >= 0.3 is 0 Å². The number of nitrogens with zero attached hydrogens (tertiary/aromatic N) is 10. The molecule has 0 saturated heterocycles. The van der Waals surface area contributed by atoms with E-state index in [4.69, 9.17) is 18.8 Å². The van der Waals surface area contributed by atoms with Crippen molar-refractivity contribution in [3.8, 4) is 45.3 Å². The van der Waals surface area contributed by atoms with E-state index >= 15 is 0 Å². The van der Waals surface area contributed by atoms with Gasteiger partial charge < -0.3 is 42.2 Å². The molecule has 2 aromatic carbocycles. The van der Waals surface area contributed by atoms with Crippen molar-refractivity contribution in [2.75, 3.05) is 0 Å². The fourth-order valence-corrected chi connectivity index (χ4v) is 6.15. The first kappa shape index (κ1) is 33.3. The zero-order valence-electron chi connectivity index (χ0n) is 27.0. The Balaban J connectivity index is 0.000000151. The number of imidazole rings is 3. The van der Waals surface area contributed by atoms with Gasteiger partial charge in [0.15, 0.2) is 0 Å². The van der Waals surface area contributed by atoms with E-state index in [-0.39, 0.29) is 42.1 Å². The van der Waals surface area contributed by atoms with Crippen LogP contribution in [0.4, 0.5) is 0 Å². The second-order valence-corrected chi connectivity index (χ2v) is 11.8. The standard InChI is InChI=1S/2C18H13N5O.2Pt/c1-22-8-15(19-10-22)18-17-14(9-24-18)13-5-3-4-12(16(13)21-17)11-6-20-23(2)7-11;1-22-6-14(19-9-22)12-5-3-4-11-13-8-24-18(17(13)21-16(11)12)15-7-23(2)10-20-15;;/h3-5,7-10H,1-2H3;3-8,10H,1-2H3;;/q2*-2;;. The number of para-hydroxylation sites is 2. The third-order valence-electron chi connectivity index (χ3n) is 8.36. The third-order valence-corrected chi connectivity index (χ3v) is 8.36. The Bertz CT molecular complexity index is 2570. The van der Waals surface area contributed by atoms with Gasteiger partial charge in [-0.05, 0) is 24.0 Å². The predicted molar refractivity (Wildman–Crippen MR) is 181 cm³/mol. The Morgan fingerprint density at radius 3 is 1.66 bits per heavy atom. The maximum atomic E-state index is 5.75. The molecule has 8 aromatic heterocycles. The van der Waals surface area contributed by atoms with Crippen LogP contribution in [0.15, 0.2) is 95.2 Å². The summed E-state index contributed by atoms with van der Waals surface area (Å²) in [6, 6.07) is 12.2. The van der Waals surface area contributed by atoms with Crippen LogP contribution in [0.5, 0.6) is 0 Å². The quantitative estimate of drug-likeness (QED) is 0.189. The van der Waals surface area contributed by atoms with Crippen molar-refractivity contribution in [1.82, 2.24) is 48.4 Å². The minimum absolute atomic E-state index is 0. The van der Waals surface area contributed by atoms with Crippen molar-refractivity contribution in [3.63, 3.8) is 0 Å². The molecule has 256 valence electrons. The van der Waals surface area contributed by atoms with Gasteiger partial charge in [-0.3, -0.25) is 5.10 Å². The summed E-state index contributed by atoms with van der Waals surface area (Å²) in [7, 11) is 7.65. The fraction of sp³-hybridized carbons (Fsp3) is 0.111. The molecule has 0 radical (unpaired) electrons. The number of rotatable bonds is 4. The molecule has 0 unspecified atom stereocenters. The molecule has 0 aliphatic carbocycles. The molecule has 0 spiro atoms. The zero-order chi connectivity index (χ0) is 32.5. The fourth-order valence-electron chi connectivity index (χ4n) is 6.15. The van der Waals surface area contributed by atoms with Gasteiger partial charge in [0.05, 0.1) is 25.2 Å². The van der Waals surface area contributed by atoms with Gasteiger partial charge in [0.2, 0.25) is 0 Å². The van der Waals surface area contributed by atoms with Gasteiger partial charge in [0.1, 0.15) is 22.9 Å². The van der Waals surface area contributed by atoms with Crippen molar-refractivity contribution >= 4 is 43.6 Å². The van der Waals surface area contributed by atoms with Crippen molar-refractivity contribution in [1.29, 1.82) is 0 Å². The van der Waals surface area contributed by atoms with Gasteiger partial charge in [0.25, 0.3) is 0 Å². The first-order valence-corrected chi connectivity index (χ1v) is 15.1. The van der Waals surface area contributed by atoms with E-state index in [1.165, 1.54) is 0 Å². The maximum absolute atomic E-state index is 5.75. The minimum Gasteiger partial charge on any atom is -0.664 e. The molecule has 0 N–H and O–H groups in total. The van der Waals surface area contributed by atoms with Gasteiger partial charge in [-0.2, -0.15) is 5.52 Å². The second-order valence-electron chi connectivity index (χ2n) is 11.8. The molecular weight excluding hydrogens is 995 g/mol. The van der Waals surface area contributed by atoms with E-state index in [2.05, 4.69) is 44.7 Å². The molecule has 0 amide bonds. The van der Waals surface area contributed by atoms with Crippen LogP contribution in [0.3, 0.4) is 0 Å². The average molecular weight is 1020 g/mol. The van der Waals surface area contributed by atoms with Crippen LogP contribution < -0.4 is 9.97 Å². The molecule has 50 heavy (non-hydrogen) atoms. The summed E-state index contributed by atoms with van der Waals surface area (Å²) >= 11 is 0. The van der Waals surface area contributed by atoms with Crippen LogP contribution in [0, 0.1) is 12.5 Å². The number of fused-ring (bicyclic) bond motifs is 6. The summed E-state index contributed by atoms with van der Waals surface area (Å²) in [5.41, 5.74) is 8.88. The number of aromatic nitrogens is 10. The molecule has 0 aliphatic rings. The van der Waals surface area contributed by atoms with Crippen LogP contribution in [-0.4, -0.2) is 38.4 Å². The molecule has 12 nitrogen and oxygen atoms in total. The Labute approximate surface area is 313 Å². The maximum Gasteiger partial charge on any atom is 0.139 e. The molecule has 0 atom stereocenters. The van der Waals surface area contributed by atoms with Gasteiger partial charge in [-0.15, -0.1) is 28.9 Å². The number of aryl methyl sites for hydroxylation is 4.